The van der Waals surface area contributed by atoms with Crippen LogP contribution in [0.15, 0.2) is 35.5 Å². The van der Waals surface area contributed by atoms with Crippen molar-refractivity contribution in [3.05, 3.63) is 36.0 Å². The number of para-hydroxylation sites is 1. The summed E-state index contributed by atoms with van der Waals surface area (Å²) in [7, 11) is 1.73. The van der Waals surface area contributed by atoms with Crippen molar-refractivity contribution in [2.45, 2.75) is 25.7 Å². The van der Waals surface area contributed by atoms with E-state index in [0.29, 0.717) is 12.5 Å². The highest BCUT2D eigenvalue weighted by Gasteiger charge is 2.16. The van der Waals surface area contributed by atoms with Crippen molar-refractivity contribution >= 4 is 22.8 Å². The molecule has 0 aliphatic carbocycles. The van der Waals surface area contributed by atoms with Gasteiger partial charge >= 0.3 is 0 Å². The number of hydrogen-bond acceptors (Lipinski definition) is 2. The number of nitrogens with one attached hydrogen (secondary N) is 3. The molecule has 1 aromatic carbocycles. The number of likely N-dealkylation sites (tertiary alicyclic amines) is 1. The summed E-state index contributed by atoms with van der Waals surface area (Å²) in [5.74, 6) is 0.824. The van der Waals surface area contributed by atoms with Crippen LogP contribution in [0, 0.1) is 0 Å². The Morgan fingerprint density at radius 1 is 1.20 bits per heavy atom. The van der Waals surface area contributed by atoms with Gasteiger partial charge in [0, 0.05) is 43.8 Å². The van der Waals surface area contributed by atoms with Crippen molar-refractivity contribution < 1.29 is 4.79 Å². The molecule has 1 aromatic heterocycles. The van der Waals surface area contributed by atoms with Crippen LogP contribution >= 0.6 is 0 Å². The molecule has 0 saturated carbocycles. The average Bonchev–Trinajstić information content (AvgIpc) is 3.08. The van der Waals surface area contributed by atoms with Gasteiger partial charge in [-0.25, -0.2) is 0 Å². The molecule has 2 heterocycles. The molecule has 0 unspecified atom stereocenters. The Kier molecular flexibility index (Phi) is 5.93. The minimum absolute atomic E-state index is 0.152. The lowest BCUT2D eigenvalue weighted by atomic mass is 10.1. The molecular formula is C19H27N5O. The number of nitrogens with zero attached hydrogens (tertiary/aromatic N) is 2. The molecule has 0 spiro atoms. The van der Waals surface area contributed by atoms with Crippen molar-refractivity contribution in [1.82, 2.24) is 20.5 Å². The minimum atomic E-state index is 0.152. The zero-order valence-corrected chi connectivity index (χ0v) is 14.8. The maximum absolute atomic E-state index is 12.2. The van der Waals surface area contributed by atoms with E-state index in [1.165, 1.54) is 17.4 Å². The van der Waals surface area contributed by atoms with Crippen LogP contribution in [0.25, 0.3) is 10.9 Å². The highest BCUT2D eigenvalue weighted by Crippen LogP contribution is 2.17. The molecule has 3 N–H and O–H groups in total. The van der Waals surface area contributed by atoms with E-state index in [-0.39, 0.29) is 5.91 Å². The fourth-order valence-corrected chi connectivity index (χ4v) is 3.29. The molecule has 2 aromatic rings. The van der Waals surface area contributed by atoms with Gasteiger partial charge in [-0.3, -0.25) is 9.79 Å². The van der Waals surface area contributed by atoms with Crippen LogP contribution < -0.4 is 10.6 Å². The van der Waals surface area contributed by atoms with Crippen molar-refractivity contribution in [2.24, 2.45) is 4.99 Å². The zero-order valence-electron chi connectivity index (χ0n) is 14.8. The zero-order chi connectivity index (χ0) is 17.5. The van der Waals surface area contributed by atoms with Gasteiger partial charge in [0.15, 0.2) is 5.96 Å². The summed E-state index contributed by atoms with van der Waals surface area (Å²) < 4.78 is 0. The first-order valence-corrected chi connectivity index (χ1v) is 9.05. The van der Waals surface area contributed by atoms with Crippen molar-refractivity contribution in [3.63, 3.8) is 0 Å². The van der Waals surface area contributed by atoms with Gasteiger partial charge in [0.2, 0.25) is 5.91 Å². The van der Waals surface area contributed by atoms with Gasteiger partial charge < -0.3 is 20.5 Å². The van der Waals surface area contributed by atoms with Crippen LogP contribution in [0.4, 0.5) is 0 Å². The van der Waals surface area contributed by atoms with Crippen LogP contribution in [0.5, 0.6) is 0 Å². The summed E-state index contributed by atoms with van der Waals surface area (Å²) in [5, 5.41) is 7.67. The summed E-state index contributed by atoms with van der Waals surface area (Å²) in [6.45, 7) is 2.83. The molecule has 1 aliphatic rings. The van der Waals surface area contributed by atoms with Crippen LogP contribution in [0.1, 0.15) is 24.8 Å². The van der Waals surface area contributed by atoms with E-state index in [4.69, 9.17) is 0 Å². The highest BCUT2D eigenvalue weighted by molar-refractivity contribution is 5.86. The lowest BCUT2D eigenvalue weighted by molar-refractivity contribution is -0.130. The first-order valence-electron chi connectivity index (χ1n) is 9.05. The number of rotatable bonds is 5. The van der Waals surface area contributed by atoms with Crippen molar-refractivity contribution in [1.29, 1.82) is 0 Å². The second kappa shape index (κ2) is 8.55. The summed E-state index contributed by atoms with van der Waals surface area (Å²) in [6.07, 6.45) is 6.41. The predicted octanol–water partition coefficient (Wildman–Crippen LogP) is 1.89. The van der Waals surface area contributed by atoms with Crippen LogP contribution in [0.3, 0.4) is 0 Å². The van der Waals surface area contributed by atoms with E-state index in [1.54, 1.807) is 7.05 Å². The molecule has 1 amide bonds. The molecular weight excluding hydrogens is 314 g/mol. The van der Waals surface area contributed by atoms with Crippen molar-refractivity contribution in [2.75, 3.05) is 33.2 Å². The Hall–Kier alpha value is -2.50. The standard InChI is InChI=1S/C19H27N5O/c1-20-19(23-14-18(25)24-11-5-2-6-12-24)21-10-9-15-13-22-17-8-4-3-7-16(15)17/h3-4,7-8,13,22H,2,5-6,9-12,14H2,1H3,(H2,20,21,23). The third kappa shape index (κ3) is 4.53. The number of aromatic nitrogens is 1. The molecule has 134 valence electrons. The second-order valence-corrected chi connectivity index (χ2v) is 6.40. The number of amides is 1. The molecule has 0 bridgehead atoms. The quantitative estimate of drug-likeness (QED) is 0.574. The molecule has 1 aliphatic heterocycles. The third-order valence-electron chi connectivity index (χ3n) is 4.70. The number of piperidine rings is 1. The average molecular weight is 341 g/mol. The van der Waals surface area contributed by atoms with Gasteiger partial charge in [0.25, 0.3) is 0 Å². The highest BCUT2D eigenvalue weighted by atomic mass is 16.2. The summed E-state index contributed by atoms with van der Waals surface area (Å²) >= 11 is 0. The lowest BCUT2D eigenvalue weighted by Gasteiger charge is -2.27. The fourth-order valence-electron chi connectivity index (χ4n) is 3.29. The number of carbonyl (C=O) groups is 1. The van der Waals surface area contributed by atoms with E-state index in [2.05, 4.69) is 45.0 Å². The Morgan fingerprint density at radius 2 is 2.00 bits per heavy atom. The van der Waals surface area contributed by atoms with E-state index in [0.717, 1.165) is 44.4 Å². The van der Waals surface area contributed by atoms with Crippen LogP contribution in [0.2, 0.25) is 0 Å². The number of H-pyrrole nitrogens is 1. The van der Waals surface area contributed by atoms with Gasteiger partial charge in [0.05, 0.1) is 6.54 Å². The normalized spacial score (nSPS) is 15.4. The molecule has 1 saturated heterocycles. The monoisotopic (exact) mass is 341 g/mol. The maximum atomic E-state index is 12.2. The number of carbonyl (C=O) groups excluding carboxylic acids is 1. The number of fused-ring (bicyclic) bond motifs is 1. The van der Waals surface area contributed by atoms with Crippen molar-refractivity contribution in [3.8, 4) is 0 Å². The molecule has 0 radical (unpaired) electrons. The molecule has 1 fully saturated rings. The van der Waals surface area contributed by atoms with Gasteiger partial charge in [-0.15, -0.1) is 0 Å². The Morgan fingerprint density at radius 3 is 2.80 bits per heavy atom. The topological polar surface area (TPSA) is 72.5 Å². The number of benzene rings is 1. The molecule has 6 nitrogen and oxygen atoms in total. The number of aromatic amines is 1. The SMILES string of the molecule is CN=C(NCCc1c[nH]c2ccccc12)NCC(=O)N1CCCCC1. The van der Waals surface area contributed by atoms with Crippen LogP contribution in [-0.2, 0) is 11.2 Å². The Labute approximate surface area is 148 Å². The summed E-state index contributed by atoms with van der Waals surface area (Å²) in [5.41, 5.74) is 2.44. The molecule has 25 heavy (non-hydrogen) atoms. The van der Waals surface area contributed by atoms with Crippen LogP contribution in [-0.4, -0.2) is 55.0 Å². The number of guanidine groups is 1. The smallest absolute Gasteiger partial charge is 0.241 e. The largest absolute Gasteiger partial charge is 0.361 e. The Bertz CT molecular complexity index is 730. The second-order valence-electron chi connectivity index (χ2n) is 6.40. The first-order chi connectivity index (χ1) is 12.3. The summed E-state index contributed by atoms with van der Waals surface area (Å²) in [6, 6.07) is 8.30. The number of aliphatic imine (C=N–C) groups is 1. The minimum Gasteiger partial charge on any atom is -0.361 e. The molecule has 3 rings (SSSR count). The fraction of sp³-hybridized carbons (Fsp3) is 0.474. The number of hydrogen-bond donors (Lipinski definition) is 3. The maximum Gasteiger partial charge on any atom is 0.241 e. The van der Waals surface area contributed by atoms with Gasteiger partial charge in [0.1, 0.15) is 0 Å². The van der Waals surface area contributed by atoms with E-state index >= 15 is 0 Å². The molecule has 6 heteroatoms. The Balaban J connectivity index is 1.44. The van der Waals surface area contributed by atoms with E-state index in [1.807, 2.05) is 11.0 Å². The lowest BCUT2D eigenvalue weighted by Crippen LogP contribution is -2.46. The van der Waals surface area contributed by atoms with E-state index < -0.39 is 0 Å². The van der Waals surface area contributed by atoms with Gasteiger partial charge in [-0.05, 0) is 37.3 Å². The first kappa shape index (κ1) is 17.3. The molecule has 0 atom stereocenters. The van der Waals surface area contributed by atoms with Gasteiger partial charge in [-0.2, -0.15) is 0 Å². The third-order valence-corrected chi connectivity index (χ3v) is 4.70. The summed E-state index contributed by atoms with van der Waals surface area (Å²) in [4.78, 5) is 21.6. The van der Waals surface area contributed by atoms with Gasteiger partial charge in [-0.1, -0.05) is 18.2 Å². The van der Waals surface area contributed by atoms with E-state index in [9.17, 15) is 4.79 Å². The predicted molar refractivity (Wildman–Crippen MR) is 102 cm³/mol.